The number of carbonyl (C=O) groups excluding carboxylic acids is 2. The molecule has 2 aliphatic rings. The van der Waals surface area contributed by atoms with Crippen LogP contribution in [0.4, 0.5) is 0 Å². The minimum Gasteiger partial charge on any atom is -0.388 e. The summed E-state index contributed by atoms with van der Waals surface area (Å²) in [6.07, 6.45) is 6.56. The molecule has 1 heterocycles. The fraction of sp³-hybridized carbons (Fsp3) is 0.882. The summed E-state index contributed by atoms with van der Waals surface area (Å²) in [6.45, 7) is 2.32. The second kappa shape index (κ2) is 7.18. The fourth-order valence-corrected chi connectivity index (χ4v) is 3.89. The third kappa shape index (κ3) is 4.44. The first-order valence-electron chi connectivity index (χ1n) is 8.72. The number of hydrogen-bond donors (Lipinski definition) is 2. The van der Waals surface area contributed by atoms with Crippen LogP contribution in [0, 0.1) is 0 Å². The predicted octanol–water partition coefficient (Wildman–Crippen LogP) is 0.903. The van der Waals surface area contributed by atoms with E-state index in [4.69, 9.17) is 0 Å². The maximum Gasteiger partial charge on any atom is 0.256 e. The van der Waals surface area contributed by atoms with E-state index in [0.29, 0.717) is 32.2 Å². The molecule has 1 aliphatic carbocycles. The monoisotopic (exact) mass is 326 g/mol. The van der Waals surface area contributed by atoms with Crippen LogP contribution < -0.4 is 0 Å². The molecule has 0 aromatic rings. The van der Waals surface area contributed by atoms with Crippen LogP contribution in [0.1, 0.15) is 58.3 Å². The fourth-order valence-electron chi connectivity index (χ4n) is 3.89. The van der Waals surface area contributed by atoms with Gasteiger partial charge in [-0.25, -0.2) is 0 Å². The van der Waals surface area contributed by atoms with E-state index in [9.17, 15) is 19.8 Å². The average Bonchev–Trinajstić information content (AvgIpc) is 2.71. The normalized spacial score (nSPS) is 28.1. The highest BCUT2D eigenvalue weighted by Gasteiger charge is 2.44. The Labute approximate surface area is 138 Å². The number of hydrogen-bond acceptors (Lipinski definition) is 4. The van der Waals surface area contributed by atoms with Crippen molar-refractivity contribution in [1.82, 2.24) is 9.80 Å². The van der Waals surface area contributed by atoms with Crippen LogP contribution in [0.25, 0.3) is 0 Å². The number of piperidine rings is 1. The van der Waals surface area contributed by atoms with Crippen molar-refractivity contribution in [2.24, 2.45) is 0 Å². The Bertz CT molecular complexity index is 446. The quantitative estimate of drug-likeness (QED) is 0.755. The summed E-state index contributed by atoms with van der Waals surface area (Å²) in [5.74, 6) is -0.512. The third-order valence-corrected chi connectivity index (χ3v) is 5.23. The molecule has 1 saturated heterocycles. The van der Waals surface area contributed by atoms with E-state index in [1.165, 1.54) is 16.7 Å². The van der Waals surface area contributed by atoms with Crippen molar-refractivity contribution in [1.29, 1.82) is 0 Å². The number of nitrogens with zero attached hydrogens (tertiary/aromatic N) is 2. The zero-order valence-electron chi connectivity index (χ0n) is 14.4. The maximum atomic E-state index is 12.7. The minimum absolute atomic E-state index is 0.0456. The first-order valence-corrected chi connectivity index (χ1v) is 8.72. The van der Waals surface area contributed by atoms with E-state index in [2.05, 4.69) is 0 Å². The molecule has 0 radical (unpaired) electrons. The molecule has 0 bridgehead atoms. The Morgan fingerprint density at radius 3 is 2.22 bits per heavy atom. The van der Waals surface area contributed by atoms with E-state index in [1.807, 2.05) is 0 Å². The van der Waals surface area contributed by atoms with Crippen molar-refractivity contribution in [3.05, 3.63) is 0 Å². The van der Waals surface area contributed by atoms with Crippen LogP contribution in [0.15, 0.2) is 0 Å². The molecule has 0 aromatic heterocycles. The molecule has 1 atom stereocenters. The van der Waals surface area contributed by atoms with E-state index in [0.717, 1.165) is 25.7 Å². The van der Waals surface area contributed by atoms with Crippen molar-refractivity contribution in [3.63, 3.8) is 0 Å². The van der Waals surface area contributed by atoms with Gasteiger partial charge in [0.15, 0.2) is 5.60 Å². The predicted molar refractivity (Wildman–Crippen MR) is 86.7 cm³/mol. The van der Waals surface area contributed by atoms with E-state index in [1.54, 1.807) is 7.05 Å². The molecule has 0 aromatic carbocycles. The topological polar surface area (TPSA) is 81.1 Å². The van der Waals surface area contributed by atoms with Gasteiger partial charge in [0, 0.05) is 27.1 Å². The van der Waals surface area contributed by atoms with Crippen molar-refractivity contribution >= 4 is 11.8 Å². The molecule has 1 unspecified atom stereocenters. The molecular weight excluding hydrogens is 296 g/mol. The smallest absolute Gasteiger partial charge is 0.256 e. The zero-order chi connectivity index (χ0) is 17.1. The van der Waals surface area contributed by atoms with Crippen LogP contribution in [-0.2, 0) is 9.59 Å². The van der Waals surface area contributed by atoms with Gasteiger partial charge >= 0.3 is 0 Å². The molecule has 132 valence electrons. The van der Waals surface area contributed by atoms with Crippen molar-refractivity contribution in [2.75, 3.05) is 26.7 Å². The molecule has 1 saturated carbocycles. The van der Waals surface area contributed by atoms with Crippen molar-refractivity contribution in [2.45, 2.75) is 69.5 Å². The summed E-state index contributed by atoms with van der Waals surface area (Å²) >= 11 is 0. The number of likely N-dealkylation sites (N-methyl/N-ethyl adjacent to an activating group) is 1. The zero-order valence-corrected chi connectivity index (χ0v) is 14.4. The Hall–Kier alpha value is -1.14. The van der Waals surface area contributed by atoms with Gasteiger partial charge in [0.2, 0.25) is 5.91 Å². The number of amides is 2. The lowest BCUT2D eigenvalue weighted by Gasteiger charge is -2.41. The minimum atomic E-state index is -1.53. The summed E-state index contributed by atoms with van der Waals surface area (Å²) in [5.41, 5.74) is -2.38. The van der Waals surface area contributed by atoms with Gasteiger partial charge in [0.1, 0.15) is 0 Å². The van der Waals surface area contributed by atoms with E-state index >= 15 is 0 Å². The standard InChI is InChI=1S/C17H30N2O4/c1-14(20)19-11-7-10-17(23,13-19)15(21)18(2)12-16(22)8-5-3-4-6-9-16/h22-23H,3-13H2,1-2H3. The lowest BCUT2D eigenvalue weighted by atomic mass is 9.89. The lowest BCUT2D eigenvalue weighted by molar-refractivity contribution is -0.161. The highest BCUT2D eigenvalue weighted by atomic mass is 16.3. The first kappa shape index (κ1) is 18.2. The number of likely N-dealkylation sites (tertiary alicyclic amines) is 1. The van der Waals surface area contributed by atoms with Gasteiger partial charge in [-0.3, -0.25) is 9.59 Å². The van der Waals surface area contributed by atoms with Crippen LogP contribution in [0.3, 0.4) is 0 Å². The molecule has 2 amide bonds. The molecule has 2 rings (SSSR count). The molecule has 6 nitrogen and oxygen atoms in total. The Morgan fingerprint density at radius 1 is 1.04 bits per heavy atom. The second-order valence-corrected chi connectivity index (χ2v) is 7.38. The van der Waals surface area contributed by atoms with Gasteiger partial charge in [-0.15, -0.1) is 0 Å². The van der Waals surface area contributed by atoms with Gasteiger partial charge < -0.3 is 20.0 Å². The van der Waals surface area contributed by atoms with Crippen LogP contribution in [0.2, 0.25) is 0 Å². The summed E-state index contributed by atoms with van der Waals surface area (Å²) < 4.78 is 0. The van der Waals surface area contributed by atoms with Gasteiger partial charge in [-0.05, 0) is 25.7 Å². The van der Waals surface area contributed by atoms with Gasteiger partial charge in [-0.1, -0.05) is 25.7 Å². The molecule has 23 heavy (non-hydrogen) atoms. The van der Waals surface area contributed by atoms with Crippen LogP contribution in [0.5, 0.6) is 0 Å². The highest BCUT2D eigenvalue weighted by molar-refractivity contribution is 5.86. The Kier molecular flexibility index (Phi) is 5.68. The number of β-amino-alcohol motifs (C(OH)–C–C–N with tert-alkyl or cyclic N) is 1. The average molecular weight is 326 g/mol. The van der Waals surface area contributed by atoms with Gasteiger partial charge in [0.25, 0.3) is 5.91 Å². The van der Waals surface area contributed by atoms with E-state index < -0.39 is 11.2 Å². The SMILES string of the molecule is CC(=O)N1CCCC(O)(C(=O)N(C)CC2(O)CCCCCC2)C1. The van der Waals surface area contributed by atoms with Crippen molar-refractivity contribution < 1.29 is 19.8 Å². The second-order valence-electron chi connectivity index (χ2n) is 7.38. The molecule has 2 fully saturated rings. The summed E-state index contributed by atoms with van der Waals surface area (Å²) in [5, 5.41) is 21.5. The molecular formula is C17H30N2O4. The summed E-state index contributed by atoms with van der Waals surface area (Å²) in [4.78, 5) is 27.2. The number of aliphatic hydroxyl groups is 2. The van der Waals surface area contributed by atoms with Gasteiger partial charge in [-0.2, -0.15) is 0 Å². The number of rotatable bonds is 3. The van der Waals surface area contributed by atoms with Crippen LogP contribution in [-0.4, -0.2) is 69.7 Å². The summed E-state index contributed by atoms with van der Waals surface area (Å²) in [6, 6.07) is 0. The molecule has 0 spiro atoms. The summed E-state index contributed by atoms with van der Waals surface area (Å²) in [7, 11) is 1.63. The third-order valence-electron chi connectivity index (χ3n) is 5.23. The lowest BCUT2D eigenvalue weighted by Crippen LogP contribution is -2.59. The first-order chi connectivity index (χ1) is 10.8. The van der Waals surface area contributed by atoms with E-state index in [-0.39, 0.29) is 24.9 Å². The molecule has 1 aliphatic heterocycles. The molecule has 6 heteroatoms. The largest absolute Gasteiger partial charge is 0.388 e. The Morgan fingerprint density at radius 2 is 1.65 bits per heavy atom. The Balaban J connectivity index is 2.01. The van der Waals surface area contributed by atoms with Gasteiger partial charge in [0.05, 0.1) is 12.1 Å². The maximum absolute atomic E-state index is 12.7. The van der Waals surface area contributed by atoms with Crippen LogP contribution >= 0.6 is 0 Å². The van der Waals surface area contributed by atoms with Crippen molar-refractivity contribution in [3.8, 4) is 0 Å². The molecule has 2 N–H and O–H groups in total. The highest BCUT2D eigenvalue weighted by Crippen LogP contribution is 2.29. The number of carbonyl (C=O) groups is 2.